The molecule has 1 rings (SSSR count). The number of hydrogen-bond donors (Lipinski definition) is 0. The quantitative estimate of drug-likeness (QED) is 0.767. The molecule has 0 spiro atoms. The third-order valence-electron chi connectivity index (χ3n) is 2.01. The van der Waals surface area contributed by atoms with Crippen molar-refractivity contribution in [1.29, 1.82) is 5.26 Å². The van der Waals surface area contributed by atoms with Crippen molar-refractivity contribution in [3.63, 3.8) is 0 Å². The van der Waals surface area contributed by atoms with Gasteiger partial charge in [-0.25, -0.2) is 18.0 Å². The Hall–Kier alpha value is -2.03. The molecule has 0 bridgehead atoms. The van der Waals surface area contributed by atoms with Crippen LogP contribution in [0.15, 0.2) is 12.1 Å². The summed E-state index contributed by atoms with van der Waals surface area (Å²) in [6, 6.07) is 3.30. The fourth-order valence-corrected chi connectivity index (χ4v) is 1.26. The van der Waals surface area contributed by atoms with Gasteiger partial charge in [0, 0.05) is 0 Å². The van der Waals surface area contributed by atoms with Crippen LogP contribution >= 0.6 is 0 Å². The van der Waals surface area contributed by atoms with E-state index in [0.717, 1.165) is 12.1 Å². The van der Waals surface area contributed by atoms with Gasteiger partial charge in [-0.3, -0.25) is 0 Å². The monoisotopic (exact) mass is 243 g/mol. The average Bonchev–Trinajstić information content (AvgIpc) is 2.27. The van der Waals surface area contributed by atoms with Gasteiger partial charge in [-0.2, -0.15) is 5.26 Å². The Morgan fingerprint density at radius 1 is 1.53 bits per heavy atom. The zero-order valence-electron chi connectivity index (χ0n) is 8.84. The van der Waals surface area contributed by atoms with Crippen molar-refractivity contribution >= 4 is 5.97 Å². The summed E-state index contributed by atoms with van der Waals surface area (Å²) in [5, 5.41) is 8.68. The van der Waals surface area contributed by atoms with Gasteiger partial charge in [-0.1, -0.05) is 0 Å². The summed E-state index contributed by atoms with van der Waals surface area (Å²) in [5.74, 6) is -2.53. The van der Waals surface area contributed by atoms with E-state index in [4.69, 9.17) is 5.26 Å². The molecule has 0 aliphatic rings. The second-order valence-corrected chi connectivity index (χ2v) is 3.02. The van der Waals surface area contributed by atoms with E-state index in [9.17, 15) is 18.0 Å². The number of halogens is 3. The van der Waals surface area contributed by atoms with Crippen LogP contribution in [0.4, 0.5) is 13.2 Å². The third-order valence-corrected chi connectivity index (χ3v) is 2.01. The molecule has 6 heteroatoms. The minimum absolute atomic E-state index is 0.0396. The highest BCUT2D eigenvalue weighted by Gasteiger charge is 2.24. The number of carbonyl (C=O) groups is 1. The Morgan fingerprint density at radius 3 is 2.65 bits per heavy atom. The summed E-state index contributed by atoms with van der Waals surface area (Å²) in [4.78, 5) is 11.4. The fourth-order valence-electron chi connectivity index (χ4n) is 1.26. The lowest BCUT2D eigenvalue weighted by Gasteiger charge is -2.08. The number of ether oxygens (including phenoxy) is 1. The van der Waals surface area contributed by atoms with Crippen molar-refractivity contribution in [3.05, 3.63) is 34.6 Å². The largest absolute Gasteiger partial charge is 0.462 e. The molecule has 17 heavy (non-hydrogen) atoms. The molecule has 0 saturated carbocycles. The minimum Gasteiger partial charge on any atom is -0.462 e. The fraction of sp³-hybridized carbons (Fsp3) is 0.273. The molecule has 3 nitrogen and oxygen atoms in total. The van der Waals surface area contributed by atoms with E-state index in [2.05, 4.69) is 4.74 Å². The van der Waals surface area contributed by atoms with Crippen LogP contribution in [0.1, 0.15) is 34.8 Å². The van der Waals surface area contributed by atoms with Crippen molar-refractivity contribution in [2.45, 2.75) is 13.3 Å². The summed E-state index contributed by atoms with van der Waals surface area (Å²) in [6.07, 6.45) is -3.06. The first-order valence-electron chi connectivity index (χ1n) is 4.70. The van der Waals surface area contributed by atoms with Gasteiger partial charge in [0.2, 0.25) is 0 Å². The van der Waals surface area contributed by atoms with Crippen LogP contribution in [0, 0.1) is 17.1 Å². The molecule has 0 atom stereocenters. The Balaban J connectivity index is 3.39. The smallest absolute Gasteiger partial charge is 0.342 e. The molecule has 0 unspecified atom stereocenters. The predicted molar refractivity (Wildman–Crippen MR) is 52.0 cm³/mol. The summed E-state index contributed by atoms with van der Waals surface area (Å²) in [7, 11) is 0. The second-order valence-electron chi connectivity index (χ2n) is 3.02. The lowest BCUT2D eigenvalue weighted by molar-refractivity contribution is 0.0519. The van der Waals surface area contributed by atoms with Crippen LogP contribution in [-0.2, 0) is 4.74 Å². The molecule has 0 aliphatic heterocycles. The lowest BCUT2D eigenvalue weighted by Crippen LogP contribution is -2.11. The van der Waals surface area contributed by atoms with Crippen LogP contribution in [0.5, 0.6) is 0 Å². The normalized spacial score (nSPS) is 10.1. The van der Waals surface area contributed by atoms with Gasteiger partial charge in [-0.05, 0) is 19.1 Å². The van der Waals surface area contributed by atoms with E-state index in [1.165, 1.54) is 6.92 Å². The van der Waals surface area contributed by atoms with Gasteiger partial charge in [0.25, 0.3) is 6.43 Å². The molecule has 90 valence electrons. The molecule has 0 heterocycles. The first-order chi connectivity index (χ1) is 8.02. The summed E-state index contributed by atoms with van der Waals surface area (Å²) < 4.78 is 43.0. The number of esters is 1. The van der Waals surface area contributed by atoms with Gasteiger partial charge in [-0.15, -0.1) is 0 Å². The standard InChI is InChI=1S/C11H8F3NO2/c1-2-17-11(16)8-6(5-15)3-4-7(9(8)12)10(13)14/h3-4,10H,2H2,1H3. The first-order valence-corrected chi connectivity index (χ1v) is 4.70. The molecule has 0 amide bonds. The van der Waals surface area contributed by atoms with Gasteiger partial charge >= 0.3 is 5.97 Å². The van der Waals surface area contributed by atoms with Crippen LogP contribution in [0.2, 0.25) is 0 Å². The number of hydrogen-bond acceptors (Lipinski definition) is 3. The highest BCUT2D eigenvalue weighted by Crippen LogP contribution is 2.26. The SMILES string of the molecule is CCOC(=O)c1c(C#N)ccc(C(F)F)c1F. The molecule has 0 aromatic heterocycles. The van der Waals surface area contributed by atoms with Gasteiger partial charge in [0.1, 0.15) is 17.4 Å². The zero-order chi connectivity index (χ0) is 13.0. The second kappa shape index (κ2) is 5.34. The average molecular weight is 243 g/mol. The Bertz CT molecular complexity index is 480. The zero-order valence-corrected chi connectivity index (χ0v) is 8.84. The van der Waals surface area contributed by atoms with E-state index in [-0.39, 0.29) is 12.2 Å². The highest BCUT2D eigenvalue weighted by atomic mass is 19.3. The van der Waals surface area contributed by atoms with Gasteiger partial charge in [0.15, 0.2) is 0 Å². The van der Waals surface area contributed by atoms with Crippen LogP contribution in [-0.4, -0.2) is 12.6 Å². The topological polar surface area (TPSA) is 50.1 Å². The maximum atomic E-state index is 13.6. The van der Waals surface area contributed by atoms with Crippen molar-refractivity contribution in [3.8, 4) is 6.07 Å². The predicted octanol–water partition coefficient (Wildman–Crippen LogP) is 2.81. The Labute approximate surface area is 95.4 Å². The molecule has 0 radical (unpaired) electrons. The number of rotatable bonds is 3. The number of carbonyl (C=O) groups excluding carboxylic acids is 1. The van der Waals surface area contributed by atoms with Crippen LogP contribution in [0.25, 0.3) is 0 Å². The van der Waals surface area contributed by atoms with E-state index >= 15 is 0 Å². The number of alkyl halides is 2. The van der Waals surface area contributed by atoms with Crippen LogP contribution < -0.4 is 0 Å². The van der Waals surface area contributed by atoms with E-state index in [0.29, 0.717) is 0 Å². The number of benzene rings is 1. The Kier molecular flexibility index (Phi) is 4.10. The van der Waals surface area contributed by atoms with Crippen LogP contribution in [0.3, 0.4) is 0 Å². The Morgan fingerprint density at radius 2 is 2.18 bits per heavy atom. The van der Waals surface area contributed by atoms with E-state index < -0.39 is 29.3 Å². The molecule has 0 fully saturated rings. The summed E-state index contributed by atoms with van der Waals surface area (Å²) >= 11 is 0. The number of nitrogens with zero attached hydrogens (tertiary/aromatic N) is 1. The third kappa shape index (κ3) is 2.56. The maximum Gasteiger partial charge on any atom is 0.342 e. The molecule has 0 N–H and O–H groups in total. The molecule has 1 aromatic rings. The summed E-state index contributed by atoms with van der Waals surface area (Å²) in [6.45, 7) is 1.45. The first kappa shape index (κ1) is 13.0. The lowest BCUT2D eigenvalue weighted by atomic mass is 10.0. The van der Waals surface area contributed by atoms with Crippen molar-refractivity contribution in [2.75, 3.05) is 6.61 Å². The van der Waals surface area contributed by atoms with Gasteiger partial charge in [0.05, 0.1) is 17.7 Å². The minimum atomic E-state index is -3.06. The van der Waals surface area contributed by atoms with E-state index in [1.807, 2.05) is 0 Å². The molecule has 0 aliphatic carbocycles. The number of nitriles is 1. The highest BCUT2D eigenvalue weighted by molar-refractivity contribution is 5.92. The maximum absolute atomic E-state index is 13.6. The van der Waals surface area contributed by atoms with E-state index in [1.54, 1.807) is 6.07 Å². The van der Waals surface area contributed by atoms with Crippen molar-refractivity contribution in [1.82, 2.24) is 0 Å². The van der Waals surface area contributed by atoms with Gasteiger partial charge < -0.3 is 4.74 Å². The summed E-state index contributed by atoms with van der Waals surface area (Å²) in [5.41, 5.74) is -2.00. The molecular formula is C11H8F3NO2. The molecular weight excluding hydrogens is 235 g/mol. The molecule has 1 aromatic carbocycles. The molecule has 0 saturated heterocycles. The van der Waals surface area contributed by atoms with Crippen molar-refractivity contribution < 1.29 is 22.7 Å². The van der Waals surface area contributed by atoms with Crippen molar-refractivity contribution in [2.24, 2.45) is 0 Å².